The SMILES string of the molecule is COc1ccc(C(=O)NCC2(C)CCCS2)c(O)c1. The topological polar surface area (TPSA) is 58.6 Å². The van der Waals surface area contributed by atoms with Gasteiger partial charge < -0.3 is 15.2 Å². The highest BCUT2D eigenvalue weighted by Gasteiger charge is 2.30. The fourth-order valence-corrected chi connectivity index (χ4v) is 3.41. The van der Waals surface area contributed by atoms with Crippen molar-refractivity contribution in [3.8, 4) is 11.5 Å². The molecular weight excluding hydrogens is 262 g/mol. The summed E-state index contributed by atoms with van der Waals surface area (Å²) >= 11 is 1.89. The number of phenols is 1. The minimum atomic E-state index is -0.242. The van der Waals surface area contributed by atoms with Crippen LogP contribution in [0.25, 0.3) is 0 Å². The standard InChI is InChI=1S/C14H19NO3S/c1-14(6-3-7-19-14)9-15-13(17)11-5-4-10(18-2)8-12(11)16/h4-5,8,16H,3,6-7,9H2,1-2H3,(H,15,17). The molecular formula is C14H19NO3S. The number of nitrogens with one attached hydrogen (secondary N) is 1. The highest BCUT2D eigenvalue weighted by Crippen LogP contribution is 2.37. The summed E-state index contributed by atoms with van der Waals surface area (Å²) in [6.45, 7) is 2.79. The van der Waals surface area contributed by atoms with Crippen LogP contribution in [-0.4, -0.2) is 35.2 Å². The molecule has 0 aliphatic carbocycles. The zero-order valence-corrected chi connectivity index (χ0v) is 12.0. The molecule has 1 fully saturated rings. The summed E-state index contributed by atoms with van der Waals surface area (Å²) in [4.78, 5) is 12.0. The molecule has 1 heterocycles. The minimum Gasteiger partial charge on any atom is -0.507 e. The van der Waals surface area contributed by atoms with Crippen LogP contribution in [-0.2, 0) is 0 Å². The third-order valence-electron chi connectivity index (χ3n) is 3.37. The number of amides is 1. The number of hydrogen-bond acceptors (Lipinski definition) is 4. The van der Waals surface area contributed by atoms with Crippen LogP contribution in [0.1, 0.15) is 30.1 Å². The molecule has 0 radical (unpaired) electrons. The number of benzene rings is 1. The van der Waals surface area contributed by atoms with E-state index >= 15 is 0 Å². The summed E-state index contributed by atoms with van der Waals surface area (Å²) in [5, 5.41) is 12.7. The second-order valence-electron chi connectivity index (χ2n) is 4.97. The lowest BCUT2D eigenvalue weighted by molar-refractivity contribution is 0.0947. The quantitative estimate of drug-likeness (QED) is 0.890. The van der Waals surface area contributed by atoms with Crippen LogP contribution in [0.3, 0.4) is 0 Å². The Morgan fingerprint density at radius 1 is 1.58 bits per heavy atom. The molecule has 5 heteroatoms. The van der Waals surface area contributed by atoms with E-state index in [1.54, 1.807) is 12.1 Å². The second-order valence-corrected chi connectivity index (χ2v) is 6.65. The number of hydrogen-bond donors (Lipinski definition) is 2. The summed E-state index contributed by atoms with van der Waals surface area (Å²) in [6, 6.07) is 4.69. The molecule has 2 rings (SSSR count). The molecule has 1 aliphatic rings. The van der Waals surface area contributed by atoms with E-state index in [1.165, 1.54) is 19.6 Å². The van der Waals surface area contributed by atoms with Gasteiger partial charge in [0.15, 0.2) is 0 Å². The molecule has 104 valence electrons. The molecule has 1 unspecified atom stereocenters. The fourth-order valence-electron chi connectivity index (χ4n) is 2.17. The van der Waals surface area contributed by atoms with Crippen LogP contribution in [0.5, 0.6) is 11.5 Å². The van der Waals surface area contributed by atoms with Gasteiger partial charge in [0.2, 0.25) is 0 Å². The number of methoxy groups -OCH3 is 1. The van der Waals surface area contributed by atoms with Gasteiger partial charge in [0, 0.05) is 17.4 Å². The predicted molar refractivity (Wildman–Crippen MR) is 77.1 cm³/mol. The maximum absolute atomic E-state index is 12.0. The van der Waals surface area contributed by atoms with Crippen LogP contribution in [0.15, 0.2) is 18.2 Å². The lowest BCUT2D eigenvalue weighted by atomic mass is 10.1. The van der Waals surface area contributed by atoms with Gasteiger partial charge in [-0.15, -0.1) is 0 Å². The third kappa shape index (κ3) is 3.35. The van der Waals surface area contributed by atoms with Gasteiger partial charge in [0.25, 0.3) is 5.91 Å². The van der Waals surface area contributed by atoms with E-state index in [0.717, 1.165) is 12.2 Å². The van der Waals surface area contributed by atoms with Crippen molar-refractivity contribution in [2.24, 2.45) is 0 Å². The monoisotopic (exact) mass is 281 g/mol. The summed E-state index contributed by atoms with van der Waals surface area (Å²) in [6.07, 6.45) is 2.32. The first-order valence-electron chi connectivity index (χ1n) is 6.33. The molecule has 1 aromatic carbocycles. The number of carbonyl (C=O) groups excluding carboxylic acids is 1. The molecule has 1 aromatic rings. The highest BCUT2D eigenvalue weighted by atomic mass is 32.2. The molecule has 0 bridgehead atoms. The summed E-state index contributed by atoms with van der Waals surface area (Å²) in [5.41, 5.74) is 0.285. The molecule has 4 nitrogen and oxygen atoms in total. The van der Waals surface area contributed by atoms with E-state index in [0.29, 0.717) is 12.3 Å². The Kier molecular flexibility index (Phi) is 4.24. The largest absolute Gasteiger partial charge is 0.507 e. The molecule has 1 aliphatic heterocycles. The molecule has 1 amide bonds. The number of aromatic hydroxyl groups is 1. The molecule has 0 saturated carbocycles. The maximum Gasteiger partial charge on any atom is 0.255 e. The van der Waals surface area contributed by atoms with Gasteiger partial charge in [-0.3, -0.25) is 4.79 Å². The van der Waals surface area contributed by atoms with Gasteiger partial charge in [0.05, 0.1) is 12.7 Å². The number of rotatable bonds is 4. The van der Waals surface area contributed by atoms with E-state index < -0.39 is 0 Å². The van der Waals surface area contributed by atoms with E-state index in [1.807, 2.05) is 11.8 Å². The first-order valence-corrected chi connectivity index (χ1v) is 7.32. The van der Waals surface area contributed by atoms with Gasteiger partial charge in [-0.2, -0.15) is 11.8 Å². The minimum absolute atomic E-state index is 0.0546. The van der Waals surface area contributed by atoms with Crippen LogP contribution in [0, 0.1) is 0 Å². The Balaban J connectivity index is 2.00. The zero-order chi connectivity index (χ0) is 13.9. The first-order chi connectivity index (χ1) is 9.04. The van der Waals surface area contributed by atoms with Crippen LogP contribution in [0.4, 0.5) is 0 Å². The highest BCUT2D eigenvalue weighted by molar-refractivity contribution is 8.00. The lowest BCUT2D eigenvalue weighted by Crippen LogP contribution is -2.36. The molecule has 19 heavy (non-hydrogen) atoms. The Labute approximate surface area is 117 Å². The van der Waals surface area contributed by atoms with E-state index in [2.05, 4.69) is 12.2 Å². The molecule has 1 saturated heterocycles. The van der Waals surface area contributed by atoms with Gasteiger partial charge in [-0.05, 0) is 37.7 Å². The molecule has 0 spiro atoms. The second kappa shape index (κ2) is 5.74. The Morgan fingerprint density at radius 2 is 2.37 bits per heavy atom. The average molecular weight is 281 g/mol. The molecule has 0 aromatic heterocycles. The Morgan fingerprint density at radius 3 is 2.95 bits per heavy atom. The molecule has 1 atom stereocenters. The Bertz CT molecular complexity index is 470. The summed E-state index contributed by atoms with van der Waals surface area (Å²) < 4.78 is 5.11. The van der Waals surface area contributed by atoms with Crippen molar-refractivity contribution >= 4 is 17.7 Å². The van der Waals surface area contributed by atoms with Gasteiger partial charge in [-0.1, -0.05) is 0 Å². The van der Waals surface area contributed by atoms with Gasteiger partial charge in [0.1, 0.15) is 11.5 Å². The number of thioether (sulfide) groups is 1. The van der Waals surface area contributed by atoms with Gasteiger partial charge in [-0.25, -0.2) is 0 Å². The van der Waals surface area contributed by atoms with E-state index in [9.17, 15) is 9.90 Å². The van der Waals surface area contributed by atoms with Crippen LogP contribution in [0.2, 0.25) is 0 Å². The Hall–Kier alpha value is -1.36. The zero-order valence-electron chi connectivity index (χ0n) is 11.2. The van der Waals surface area contributed by atoms with Crippen molar-refractivity contribution in [3.05, 3.63) is 23.8 Å². The van der Waals surface area contributed by atoms with Gasteiger partial charge >= 0.3 is 0 Å². The van der Waals surface area contributed by atoms with Crippen molar-refractivity contribution in [2.45, 2.75) is 24.5 Å². The first kappa shape index (κ1) is 14.1. The van der Waals surface area contributed by atoms with Crippen molar-refractivity contribution in [3.63, 3.8) is 0 Å². The van der Waals surface area contributed by atoms with Crippen molar-refractivity contribution < 1.29 is 14.6 Å². The smallest absolute Gasteiger partial charge is 0.255 e. The third-order valence-corrected chi connectivity index (χ3v) is 4.91. The summed E-state index contributed by atoms with van der Waals surface area (Å²) in [5.74, 6) is 1.39. The predicted octanol–water partition coefficient (Wildman–Crippen LogP) is 2.42. The van der Waals surface area contributed by atoms with E-state index in [4.69, 9.17) is 4.74 Å². The van der Waals surface area contributed by atoms with Crippen molar-refractivity contribution in [1.29, 1.82) is 0 Å². The van der Waals surface area contributed by atoms with Crippen molar-refractivity contribution in [2.75, 3.05) is 19.4 Å². The van der Waals surface area contributed by atoms with E-state index in [-0.39, 0.29) is 22.0 Å². The van der Waals surface area contributed by atoms with Crippen molar-refractivity contribution in [1.82, 2.24) is 5.32 Å². The fraction of sp³-hybridized carbons (Fsp3) is 0.500. The normalized spacial score (nSPS) is 22.2. The van der Waals surface area contributed by atoms with Crippen LogP contribution < -0.4 is 10.1 Å². The maximum atomic E-state index is 12.0. The van der Waals surface area contributed by atoms with Crippen LogP contribution >= 0.6 is 11.8 Å². The number of carbonyl (C=O) groups is 1. The molecule has 2 N–H and O–H groups in total. The number of phenolic OH excluding ortho intramolecular Hbond substituents is 1. The number of ether oxygens (including phenoxy) is 1. The lowest BCUT2D eigenvalue weighted by Gasteiger charge is -2.23. The summed E-state index contributed by atoms with van der Waals surface area (Å²) in [7, 11) is 1.52. The average Bonchev–Trinajstić information content (AvgIpc) is 2.83.